The molecular weight excluding hydrogens is 228 g/mol. The summed E-state index contributed by atoms with van der Waals surface area (Å²) in [5, 5.41) is 3.30. The van der Waals surface area contributed by atoms with Crippen LogP contribution in [-0.2, 0) is 6.54 Å². The number of hydrazine groups is 1. The summed E-state index contributed by atoms with van der Waals surface area (Å²) in [6, 6.07) is 0.666. The second-order valence-electron chi connectivity index (χ2n) is 4.87. The molecule has 0 aliphatic heterocycles. The van der Waals surface area contributed by atoms with E-state index in [1.807, 2.05) is 17.1 Å². The monoisotopic (exact) mass is 250 g/mol. The summed E-state index contributed by atoms with van der Waals surface area (Å²) in [5.41, 5.74) is 2.65. The van der Waals surface area contributed by atoms with Crippen molar-refractivity contribution in [3.63, 3.8) is 0 Å². The second-order valence-corrected chi connectivity index (χ2v) is 4.87. The number of imidazole rings is 1. The minimum absolute atomic E-state index is 0.246. The van der Waals surface area contributed by atoms with E-state index in [0.717, 1.165) is 6.54 Å². The van der Waals surface area contributed by atoms with Crippen LogP contribution in [0.5, 0.6) is 0 Å². The average molecular weight is 250 g/mol. The van der Waals surface area contributed by atoms with Crippen molar-refractivity contribution in [3.8, 4) is 0 Å². The molecule has 1 aliphatic rings. The van der Waals surface area contributed by atoms with Gasteiger partial charge in [0.1, 0.15) is 0 Å². The first-order valence-corrected chi connectivity index (χ1v) is 6.54. The van der Waals surface area contributed by atoms with Crippen LogP contribution < -0.4 is 16.6 Å². The molecule has 0 amide bonds. The average Bonchev–Trinajstić information content (AvgIpc) is 3.01. The van der Waals surface area contributed by atoms with E-state index in [0.29, 0.717) is 12.0 Å². The van der Waals surface area contributed by atoms with Crippen LogP contribution in [0.4, 0.5) is 0 Å². The van der Waals surface area contributed by atoms with Crippen LogP contribution in [0.1, 0.15) is 32.6 Å². The first kappa shape index (κ1) is 12.9. The van der Waals surface area contributed by atoms with Gasteiger partial charge in [0.05, 0.1) is 12.4 Å². The van der Waals surface area contributed by atoms with Gasteiger partial charge in [0.2, 0.25) is 5.96 Å². The number of nitrogens with zero attached hydrogens (tertiary/aromatic N) is 3. The van der Waals surface area contributed by atoms with Gasteiger partial charge in [-0.1, -0.05) is 12.8 Å². The van der Waals surface area contributed by atoms with E-state index >= 15 is 0 Å². The van der Waals surface area contributed by atoms with Crippen LogP contribution in [-0.4, -0.2) is 27.6 Å². The van der Waals surface area contributed by atoms with Gasteiger partial charge in [-0.2, -0.15) is 0 Å². The molecule has 0 radical (unpaired) electrons. The van der Waals surface area contributed by atoms with Crippen molar-refractivity contribution in [2.24, 2.45) is 10.8 Å². The van der Waals surface area contributed by atoms with Crippen LogP contribution in [0.2, 0.25) is 0 Å². The van der Waals surface area contributed by atoms with E-state index in [1.54, 1.807) is 6.20 Å². The fourth-order valence-electron chi connectivity index (χ4n) is 2.32. The Morgan fingerprint density at radius 3 is 2.94 bits per heavy atom. The van der Waals surface area contributed by atoms with Crippen LogP contribution in [0, 0.1) is 0 Å². The molecule has 100 valence electrons. The van der Waals surface area contributed by atoms with Gasteiger partial charge >= 0.3 is 0 Å². The Bertz CT molecular complexity index is 366. The zero-order valence-electron chi connectivity index (χ0n) is 10.8. The summed E-state index contributed by atoms with van der Waals surface area (Å²) in [7, 11) is 0. The molecule has 1 aromatic rings. The molecule has 0 aromatic carbocycles. The normalized spacial score (nSPS) is 18.9. The zero-order valence-corrected chi connectivity index (χ0v) is 10.8. The van der Waals surface area contributed by atoms with Crippen molar-refractivity contribution in [2.45, 2.75) is 51.2 Å². The summed E-state index contributed by atoms with van der Waals surface area (Å²) in [6.45, 7) is 2.94. The third kappa shape index (κ3) is 3.73. The number of rotatable bonds is 4. The fraction of sp³-hybridized carbons (Fsp3) is 0.667. The molecule has 1 unspecified atom stereocenters. The quantitative estimate of drug-likeness (QED) is 0.317. The summed E-state index contributed by atoms with van der Waals surface area (Å²) in [5.74, 6) is 6.20. The topological polar surface area (TPSA) is 80.3 Å². The van der Waals surface area contributed by atoms with E-state index in [2.05, 4.69) is 27.6 Å². The van der Waals surface area contributed by atoms with Gasteiger partial charge in [-0.05, 0) is 19.8 Å². The van der Waals surface area contributed by atoms with Crippen molar-refractivity contribution in [3.05, 3.63) is 18.7 Å². The predicted molar refractivity (Wildman–Crippen MR) is 71.8 cm³/mol. The number of nitrogens with one attached hydrogen (secondary N) is 2. The molecule has 0 spiro atoms. The van der Waals surface area contributed by atoms with E-state index in [4.69, 9.17) is 5.84 Å². The summed E-state index contributed by atoms with van der Waals surface area (Å²) in [4.78, 5) is 8.63. The predicted octanol–water partition coefficient (Wildman–Crippen LogP) is 0.623. The number of aliphatic imine (C=N–C) groups is 1. The molecule has 1 heterocycles. The van der Waals surface area contributed by atoms with Crippen LogP contribution in [0.15, 0.2) is 23.7 Å². The third-order valence-electron chi connectivity index (χ3n) is 3.20. The summed E-state index contributed by atoms with van der Waals surface area (Å²) < 4.78 is 2.03. The van der Waals surface area contributed by atoms with Gasteiger partial charge < -0.3 is 9.88 Å². The first-order valence-electron chi connectivity index (χ1n) is 6.54. The number of hydrogen-bond donors (Lipinski definition) is 3. The molecule has 6 heteroatoms. The van der Waals surface area contributed by atoms with Crippen LogP contribution >= 0.6 is 0 Å². The summed E-state index contributed by atoms with van der Waals surface area (Å²) >= 11 is 0. The Morgan fingerprint density at radius 1 is 1.56 bits per heavy atom. The molecule has 1 atom stereocenters. The van der Waals surface area contributed by atoms with E-state index in [-0.39, 0.29) is 6.04 Å². The maximum Gasteiger partial charge on any atom is 0.206 e. The lowest BCUT2D eigenvalue weighted by Crippen LogP contribution is -2.47. The fourth-order valence-corrected chi connectivity index (χ4v) is 2.32. The number of aromatic nitrogens is 2. The Labute approximate surface area is 108 Å². The molecule has 0 bridgehead atoms. The molecule has 6 nitrogen and oxygen atoms in total. The van der Waals surface area contributed by atoms with Gasteiger partial charge in [0.25, 0.3) is 0 Å². The highest BCUT2D eigenvalue weighted by molar-refractivity contribution is 5.79. The Kier molecular flexibility index (Phi) is 4.58. The lowest BCUT2D eigenvalue weighted by Gasteiger charge is -2.18. The molecule has 18 heavy (non-hydrogen) atoms. The Morgan fingerprint density at radius 2 is 2.33 bits per heavy atom. The van der Waals surface area contributed by atoms with Crippen molar-refractivity contribution in [1.29, 1.82) is 0 Å². The highest BCUT2D eigenvalue weighted by atomic mass is 15.3. The van der Waals surface area contributed by atoms with Crippen molar-refractivity contribution >= 4 is 5.96 Å². The molecule has 0 saturated heterocycles. The second kappa shape index (κ2) is 6.39. The Balaban J connectivity index is 1.85. The van der Waals surface area contributed by atoms with Crippen LogP contribution in [0.25, 0.3) is 0 Å². The number of guanidine groups is 1. The molecule has 1 aliphatic carbocycles. The lowest BCUT2D eigenvalue weighted by molar-refractivity contribution is 0.535. The van der Waals surface area contributed by atoms with Gasteiger partial charge in [-0.25, -0.2) is 15.8 Å². The molecule has 1 aromatic heterocycles. The van der Waals surface area contributed by atoms with Crippen LogP contribution in [0.3, 0.4) is 0 Å². The molecular formula is C12H22N6. The molecule has 2 rings (SSSR count). The van der Waals surface area contributed by atoms with Crippen molar-refractivity contribution in [1.82, 2.24) is 20.3 Å². The highest BCUT2D eigenvalue weighted by Crippen LogP contribution is 2.20. The number of hydrogen-bond acceptors (Lipinski definition) is 3. The van der Waals surface area contributed by atoms with Crippen molar-refractivity contribution in [2.75, 3.05) is 0 Å². The number of nitrogens with two attached hydrogens (primary N) is 1. The molecule has 1 saturated carbocycles. The zero-order chi connectivity index (χ0) is 12.8. The van der Waals surface area contributed by atoms with Gasteiger partial charge in [-0.15, -0.1) is 0 Å². The summed E-state index contributed by atoms with van der Waals surface area (Å²) in [6.07, 6.45) is 10.4. The molecule has 4 N–H and O–H groups in total. The van der Waals surface area contributed by atoms with Gasteiger partial charge in [0.15, 0.2) is 0 Å². The lowest BCUT2D eigenvalue weighted by atomic mass is 10.3. The van der Waals surface area contributed by atoms with E-state index in [1.165, 1.54) is 25.7 Å². The maximum atomic E-state index is 5.51. The smallest absolute Gasteiger partial charge is 0.206 e. The SMILES string of the molecule is CC(Cn1ccnc1)NC(=NC1CCCC1)NN. The standard InChI is InChI=1S/C12H22N6/c1-10(8-18-7-6-14-9-18)15-12(17-13)16-11-4-2-3-5-11/h6-7,9-11H,2-5,8,13H2,1H3,(H2,15,16,17). The van der Waals surface area contributed by atoms with Gasteiger partial charge in [0, 0.05) is 25.0 Å². The van der Waals surface area contributed by atoms with E-state index < -0.39 is 0 Å². The highest BCUT2D eigenvalue weighted by Gasteiger charge is 2.15. The maximum absolute atomic E-state index is 5.51. The minimum Gasteiger partial charge on any atom is -0.351 e. The first-order chi connectivity index (χ1) is 8.78. The Hall–Kier alpha value is -1.56. The van der Waals surface area contributed by atoms with Crippen molar-refractivity contribution < 1.29 is 0 Å². The van der Waals surface area contributed by atoms with Gasteiger partial charge in [-0.3, -0.25) is 5.43 Å². The third-order valence-corrected chi connectivity index (χ3v) is 3.20. The largest absolute Gasteiger partial charge is 0.351 e. The van der Waals surface area contributed by atoms with E-state index in [9.17, 15) is 0 Å². The minimum atomic E-state index is 0.246. The molecule has 1 fully saturated rings.